The van der Waals surface area contributed by atoms with Gasteiger partial charge in [-0.1, -0.05) is 6.07 Å². The van der Waals surface area contributed by atoms with Crippen LogP contribution >= 0.6 is 11.8 Å². The zero-order valence-electron chi connectivity index (χ0n) is 10.4. The van der Waals surface area contributed by atoms with Gasteiger partial charge in [0, 0.05) is 36.2 Å². The predicted molar refractivity (Wildman–Crippen MR) is 75.8 cm³/mol. The van der Waals surface area contributed by atoms with E-state index < -0.39 is 5.97 Å². The number of thioether (sulfide) groups is 1. The van der Waals surface area contributed by atoms with E-state index in [0.29, 0.717) is 12.1 Å². The minimum absolute atomic E-state index is 0.0949. The predicted octanol–water partition coefficient (Wildman–Crippen LogP) is 1.42. The summed E-state index contributed by atoms with van der Waals surface area (Å²) in [6.45, 7) is 0.928. The minimum Gasteiger partial charge on any atom is -0.478 e. The molecule has 5 nitrogen and oxygen atoms in total. The Bertz CT molecular complexity index is 473. The van der Waals surface area contributed by atoms with E-state index in [1.807, 2.05) is 11.8 Å². The number of hydrogen-bond donors (Lipinski definition) is 3. The third-order valence-corrected chi connectivity index (χ3v) is 3.95. The van der Waals surface area contributed by atoms with Crippen LogP contribution in [0, 0.1) is 0 Å². The van der Waals surface area contributed by atoms with Gasteiger partial charge in [0.2, 0.25) is 5.91 Å². The molecule has 0 aromatic heterocycles. The Hall–Kier alpha value is -1.53. The Balaban J connectivity index is 1.90. The van der Waals surface area contributed by atoms with Gasteiger partial charge in [-0.15, -0.1) is 0 Å². The monoisotopic (exact) mass is 280 g/mol. The van der Waals surface area contributed by atoms with Crippen LogP contribution in [0.25, 0.3) is 0 Å². The topological polar surface area (TPSA) is 78.4 Å². The van der Waals surface area contributed by atoms with E-state index in [9.17, 15) is 9.59 Å². The molecule has 1 aliphatic rings. The summed E-state index contributed by atoms with van der Waals surface area (Å²) in [6, 6.07) is 6.46. The first-order valence-electron chi connectivity index (χ1n) is 6.09. The number of carbonyl (C=O) groups excluding carboxylic acids is 1. The molecule has 1 heterocycles. The minimum atomic E-state index is -0.999. The van der Waals surface area contributed by atoms with Gasteiger partial charge in [0.25, 0.3) is 0 Å². The van der Waals surface area contributed by atoms with E-state index in [0.717, 1.165) is 18.1 Å². The lowest BCUT2D eigenvalue weighted by molar-refractivity contribution is -0.116. The normalized spacial score (nSPS) is 18.8. The summed E-state index contributed by atoms with van der Waals surface area (Å²) in [5, 5.41) is 14.9. The molecule has 3 N–H and O–H groups in total. The number of nitrogens with one attached hydrogen (secondary N) is 2. The molecular weight excluding hydrogens is 264 g/mol. The molecule has 1 unspecified atom stereocenters. The summed E-state index contributed by atoms with van der Waals surface area (Å²) in [5.41, 5.74) is 0.692. The van der Waals surface area contributed by atoms with Crippen molar-refractivity contribution in [1.82, 2.24) is 5.32 Å². The molecule has 102 valence electrons. The highest BCUT2D eigenvalue weighted by Gasteiger charge is 2.16. The number of hydrogen-bond acceptors (Lipinski definition) is 4. The van der Waals surface area contributed by atoms with Crippen molar-refractivity contribution < 1.29 is 14.7 Å². The first-order chi connectivity index (χ1) is 9.15. The number of benzene rings is 1. The van der Waals surface area contributed by atoms with E-state index in [-0.39, 0.29) is 17.5 Å². The molecule has 1 amide bonds. The van der Waals surface area contributed by atoms with Gasteiger partial charge in [0.05, 0.1) is 5.56 Å². The van der Waals surface area contributed by atoms with E-state index in [1.165, 1.54) is 12.1 Å². The highest BCUT2D eigenvalue weighted by molar-refractivity contribution is 7.99. The quantitative estimate of drug-likeness (QED) is 0.777. The van der Waals surface area contributed by atoms with Crippen molar-refractivity contribution in [2.75, 3.05) is 23.4 Å². The van der Waals surface area contributed by atoms with Gasteiger partial charge in [-0.3, -0.25) is 4.79 Å². The molecule has 0 bridgehead atoms. The Morgan fingerprint density at radius 3 is 3.00 bits per heavy atom. The number of aromatic carboxylic acids is 1. The molecule has 0 radical (unpaired) electrons. The zero-order valence-corrected chi connectivity index (χ0v) is 11.2. The van der Waals surface area contributed by atoms with Crippen molar-refractivity contribution in [3.63, 3.8) is 0 Å². The van der Waals surface area contributed by atoms with Gasteiger partial charge in [-0.2, -0.15) is 11.8 Å². The second kappa shape index (κ2) is 6.58. The van der Waals surface area contributed by atoms with Crippen LogP contribution < -0.4 is 10.6 Å². The maximum Gasteiger partial charge on any atom is 0.335 e. The average Bonchev–Trinajstić information content (AvgIpc) is 2.40. The SMILES string of the molecule is O=C(CC1CSCCN1)Nc1cccc(C(=O)O)c1. The van der Waals surface area contributed by atoms with E-state index in [4.69, 9.17) is 5.11 Å². The summed E-state index contributed by atoms with van der Waals surface area (Å²) in [7, 11) is 0. The van der Waals surface area contributed by atoms with E-state index >= 15 is 0 Å². The van der Waals surface area contributed by atoms with Crippen molar-refractivity contribution in [3.8, 4) is 0 Å². The fourth-order valence-corrected chi connectivity index (χ4v) is 2.87. The van der Waals surface area contributed by atoms with Gasteiger partial charge in [0.1, 0.15) is 0 Å². The summed E-state index contributed by atoms with van der Waals surface area (Å²) in [6.07, 6.45) is 0.407. The number of carbonyl (C=O) groups is 2. The van der Waals surface area contributed by atoms with Gasteiger partial charge < -0.3 is 15.7 Å². The van der Waals surface area contributed by atoms with E-state index in [1.54, 1.807) is 12.1 Å². The second-order valence-corrected chi connectivity index (χ2v) is 5.51. The zero-order chi connectivity index (χ0) is 13.7. The smallest absolute Gasteiger partial charge is 0.335 e. The fourth-order valence-electron chi connectivity index (χ4n) is 1.92. The van der Waals surface area contributed by atoms with Crippen molar-refractivity contribution in [2.24, 2.45) is 0 Å². The number of carboxylic acid groups (broad SMARTS) is 1. The Morgan fingerprint density at radius 1 is 1.47 bits per heavy atom. The molecule has 0 aliphatic carbocycles. The number of carboxylic acids is 1. The number of anilines is 1. The number of amides is 1. The lowest BCUT2D eigenvalue weighted by Crippen LogP contribution is -2.39. The molecule has 0 saturated carbocycles. The maximum absolute atomic E-state index is 11.9. The third kappa shape index (κ3) is 4.25. The highest BCUT2D eigenvalue weighted by atomic mass is 32.2. The molecule has 19 heavy (non-hydrogen) atoms. The standard InChI is InChI=1S/C13H16N2O3S/c16-12(7-11-8-19-5-4-14-11)15-10-3-1-2-9(6-10)13(17)18/h1-3,6,11,14H,4-5,7-8H2,(H,15,16)(H,17,18). The lowest BCUT2D eigenvalue weighted by Gasteiger charge is -2.22. The van der Waals surface area contributed by atoms with Crippen LogP contribution in [0.3, 0.4) is 0 Å². The lowest BCUT2D eigenvalue weighted by atomic mass is 10.2. The maximum atomic E-state index is 11.9. The molecule has 0 spiro atoms. The summed E-state index contributed by atoms with van der Waals surface area (Å²) >= 11 is 1.84. The largest absolute Gasteiger partial charge is 0.478 e. The Kier molecular flexibility index (Phi) is 4.81. The fraction of sp³-hybridized carbons (Fsp3) is 0.385. The van der Waals surface area contributed by atoms with Crippen LogP contribution in [0.2, 0.25) is 0 Å². The van der Waals surface area contributed by atoms with Gasteiger partial charge in [0.15, 0.2) is 0 Å². The molecule has 1 aliphatic heterocycles. The van der Waals surface area contributed by atoms with Crippen LogP contribution in [0.4, 0.5) is 5.69 Å². The second-order valence-electron chi connectivity index (χ2n) is 4.36. The summed E-state index contributed by atoms with van der Waals surface area (Å²) in [4.78, 5) is 22.7. The van der Waals surface area contributed by atoms with Crippen molar-refractivity contribution in [3.05, 3.63) is 29.8 Å². The van der Waals surface area contributed by atoms with Crippen LogP contribution in [0.1, 0.15) is 16.8 Å². The van der Waals surface area contributed by atoms with Crippen molar-refractivity contribution in [1.29, 1.82) is 0 Å². The van der Waals surface area contributed by atoms with Crippen LogP contribution in [0.5, 0.6) is 0 Å². The first kappa shape index (κ1) is 13.9. The molecule has 1 aromatic rings. The average molecular weight is 280 g/mol. The first-order valence-corrected chi connectivity index (χ1v) is 7.25. The van der Waals surface area contributed by atoms with Crippen LogP contribution in [0.15, 0.2) is 24.3 Å². The van der Waals surface area contributed by atoms with Crippen molar-refractivity contribution >= 4 is 29.3 Å². The Labute approximate surface area is 115 Å². The summed E-state index contributed by atoms with van der Waals surface area (Å²) < 4.78 is 0. The molecule has 6 heteroatoms. The van der Waals surface area contributed by atoms with Crippen LogP contribution in [-0.4, -0.2) is 41.1 Å². The summed E-state index contributed by atoms with van der Waals surface area (Å²) in [5.74, 6) is 0.922. The van der Waals surface area contributed by atoms with Gasteiger partial charge in [-0.05, 0) is 18.2 Å². The molecule has 2 rings (SSSR count). The van der Waals surface area contributed by atoms with Crippen molar-refractivity contribution in [2.45, 2.75) is 12.5 Å². The molecular formula is C13H16N2O3S. The Morgan fingerprint density at radius 2 is 2.32 bits per heavy atom. The molecule has 1 fully saturated rings. The molecule has 1 atom stereocenters. The molecule has 1 aromatic carbocycles. The van der Waals surface area contributed by atoms with Gasteiger partial charge >= 0.3 is 5.97 Å². The number of rotatable bonds is 4. The highest BCUT2D eigenvalue weighted by Crippen LogP contribution is 2.13. The van der Waals surface area contributed by atoms with E-state index in [2.05, 4.69) is 10.6 Å². The van der Waals surface area contributed by atoms with Gasteiger partial charge in [-0.25, -0.2) is 4.79 Å². The third-order valence-electron chi connectivity index (χ3n) is 2.82. The molecule has 1 saturated heterocycles. The van der Waals surface area contributed by atoms with Crippen LogP contribution in [-0.2, 0) is 4.79 Å².